The molecule has 1 aromatic rings. The second-order valence-electron chi connectivity index (χ2n) is 3.34. The average Bonchev–Trinajstić information content (AvgIpc) is 2.17. The van der Waals surface area contributed by atoms with Gasteiger partial charge in [-0.25, -0.2) is 0 Å². The van der Waals surface area contributed by atoms with Crippen molar-refractivity contribution in [1.82, 2.24) is 5.32 Å². The summed E-state index contributed by atoms with van der Waals surface area (Å²) in [6, 6.07) is 7.92. The van der Waals surface area contributed by atoms with Gasteiger partial charge in [-0.1, -0.05) is 6.92 Å². The van der Waals surface area contributed by atoms with Crippen LogP contribution in [0, 0.1) is 6.07 Å². The van der Waals surface area contributed by atoms with Crippen LogP contribution >= 0.6 is 0 Å². The molecule has 75 valence electrons. The number of amides is 1. The summed E-state index contributed by atoms with van der Waals surface area (Å²) in [5, 5.41) is 2.86. The van der Waals surface area contributed by atoms with Crippen LogP contribution in [0.5, 0.6) is 0 Å². The van der Waals surface area contributed by atoms with Gasteiger partial charge in [0.2, 0.25) is 0 Å². The Bertz CT molecular complexity index is 323. The lowest BCUT2D eigenvalue weighted by Crippen LogP contribution is -2.31. The largest absolute Gasteiger partial charge is 0.399 e. The highest BCUT2D eigenvalue weighted by molar-refractivity contribution is 5.95. The molecular formula is C11H15N2O. The van der Waals surface area contributed by atoms with Crippen LogP contribution < -0.4 is 11.1 Å². The van der Waals surface area contributed by atoms with Crippen molar-refractivity contribution < 1.29 is 4.79 Å². The Morgan fingerprint density at radius 2 is 2.36 bits per heavy atom. The third kappa shape index (κ3) is 2.76. The van der Waals surface area contributed by atoms with Crippen molar-refractivity contribution in [3.8, 4) is 0 Å². The van der Waals surface area contributed by atoms with Gasteiger partial charge in [-0.05, 0) is 37.6 Å². The highest BCUT2D eigenvalue weighted by atomic mass is 16.1. The molecule has 14 heavy (non-hydrogen) atoms. The summed E-state index contributed by atoms with van der Waals surface area (Å²) < 4.78 is 0. The molecular weight excluding hydrogens is 176 g/mol. The Morgan fingerprint density at radius 1 is 1.64 bits per heavy atom. The van der Waals surface area contributed by atoms with Crippen LogP contribution in [0.4, 0.5) is 5.69 Å². The molecule has 0 saturated heterocycles. The monoisotopic (exact) mass is 191 g/mol. The van der Waals surface area contributed by atoms with Crippen LogP contribution in [0.1, 0.15) is 30.6 Å². The molecule has 1 unspecified atom stereocenters. The van der Waals surface area contributed by atoms with Crippen molar-refractivity contribution >= 4 is 11.6 Å². The molecule has 0 bridgehead atoms. The zero-order valence-electron chi connectivity index (χ0n) is 8.50. The van der Waals surface area contributed by atoms with E-state index in [2.05, 4.69) is 11.4 Å². The number of rotatable bonds is 3. The van der Waals surface area contributed by atoms with Crippen LogP contribution in [-0.4, -0.2) is 11.9 Å². The van der Waals surface area contributed by atoms with Gasteiger partial charge < -0.3 is 11.1 Å². The molecule has 0 aromatic heterocycles. The highest BCUT2D eigenvalue weighted by Crippen LogP contribution is 2.06. The first-order valence-electron chi connectivity index (χ1n) is 4.71. The third-order valence-electron chi connectivity index (χ3n) is 2.06. The molecule has 1 rings (SSSR count). The van der Waals surface area contributed by atoms with E-state index < -0.39 is 0 Å². The van der Waals surface area contributed by atoms with Gasteiger partial charge in [0.25, 0.3) is 5.91 Å². The molecule has 1 radical (unpaired) electrons. The second-order valence-corrected chi connectivity index (χ2v) is 3.34. The standard InChI is InChI=1S/C11H15N2O/c1-3-8(2)13-11(14)9-5-4-6-10(12)7-9/h5-8H,3,12H2,1-2H3,(H,13,14). The summed E-state index contributed by atoms with van der Waals surface area (Å²) in [5.74, 6) is -0.0945. The van der Waals surface area contributed by atoms with E-state index in [1.807, 2.05) is 13.8 Å². The van der Waals surface area contributed by atoms with E-state index in [4.69, 9.17) is 5.73 Å². The Labute approximate surface area is 84.3 Å². The molecule has 3 nitrogen and oxygen atoms in total. The Kier molecular flexibility index (Phi) is 3.51. The van der Waals surface area contributed by atoms with E-state index in [9.17, 15) is 4.79 Å². The topological polar surface area (TPSA) is 55.1 Å². The van der Waals surface area contributed by atoms with Crippen molar-refractivity contribution in [3.63, 3.8) is 0 Å². The van der Waals surface area contributed by atoms with Crippen LogP contribution in [0.25, 0.3) is 0 Å². The SMILES string of the molecule is CCC(C)NC(=O)c1c[c]cc(N)c1. The number of benzene rings is 1. The number of nitrogen functional groups attached to an aromatic ring is 1. The zero-order chi connectivity index (χ0) is 10.6. The number of nitrogens with one attached hydrogen (secondary N) is 1. The molecule has 0 aliphatic carbocycles. The maximum Gasteiger partial charge on any atom is 0.251 e. The van der Waals surface area contributed by atoms with E-state index in [0.717, 1.165) is 6.42 Å². The first-order chi connectivity index (χ1) is 6.63. The van der Waals surface area contributed by atoms with Gasteiger partial charge in [-0.15, -0.1) is 0 Å². The molecule has 3 heteroatoms. The summed E-state index contributed by atoms with van der Waals surface area (Å²) >= 11 is 0. The lowest BCUT2D eigenvalue weighted by molar-refractivity contribution is 0.0939. The fourth-order valence-electron chi connectivity index (χ4n) is 1.03. The maximum atomic E-state index is 11.6. The number of anilines is 1. The van der Waals surface area contributed by atoms with Crippen LogP contribution in [0.15, 0.2) is 18.2 Å². The zero-order valence-corrected chi connectivity index (χ0v) is 8.50. The van der Waals surface area contributed by atoms with Crippen molar-refractivity contribution in [2.45, 2.75) is 26.3 Å². The van der Waals surface area contributed by atoms with Gasteiger partial charge in [0.15, 0.2) is 0 Å². The summed E-state index contributed by atoms with van der Waals surface area (Å²) in [4.78, 5) is 11.6. The smallest absolute Gasteiger partial charge is 0.251 e. The lowest BCUT2D eigenvalue weighted by atomic mass is 10.1. The number of hydrogen-bond acceptors (Lipinski definition) is 2. The van der Waals surface area contributed by atoms with Crippen LogP contribution in [0.3, 0.4) is 0 Å². The molecule has 0 fully saturated rings. The van der Waals surface area contributed by atoms with Gasteiger partial charge in [-0.2, -0.15) is 0 Å². The van der Waals surface area contributed by atoms with Gasteiger partial charge in [0.1, 0.15) is 0 Å². The van der Waals surface area contributed by atoms with E-state index in [-0.39, 0.29) is 11.9 Å². The van der Waals surface area contributed by atoms with Crippen molar-refractivity contribution in [2.75, 3.05) is 5.73 Å². The minimum Gasteiger partial charge on any atom is -0.399 e. The molecule has 1 atom stereocenters. The molecule has 0 spiro atoms. The summed E-state index contributed by atoms with van der Waals surface area (Å²) in [6.45, 7) is 3.99. The summed E-state index contributed by atoms with van der Waals surface area (Å²) in [7, 11) is 0. The normalized spacial score (nSPS) is 12.1. The molecule has 0 aliphatic rings. The molecule has 0 heterocycles. The van der Waals surface area contributed by atoms with Crippen LogP contribution in [-0.2, 0) is 0 Å². The minimum absolute atomic E-state index is 0.0945. The minimum atomic E-state index is -0.0945. The predicted octanol–water partition coefficient (Wildman–Crippen LogP) is 1.60. The lowest BCUT2D eigenvalue weighted by Gasteiger charge is -2.11. The van der Waals surface area contributed by atoms with Crippen molar-refractivity contribution in [3.05, 3.63) is 29.8 Å². The quantitative estimate of drug-likeness (QED) is 0.713. The van der Waals surface area contributed by atoms with Gasteiger partial charge in [0.05, 0.1) is 0 Å². The number of hydrogen-bond donors (Lipinski definition) is 2. The van der Waals surface area contributed by atoms with Gasteiger partial charge >= 0.3 is 0 Å². The molecule has 1 aromatic carbocycles. The van der Waals surface area contributed by atoms with Gasteiger partial charge in [0, 0.05) is 17.3 Å². The molecule has 3 N–H and O–H groups in total. The van der Waals surface area contributed by atoms with E-state index in [0.29, 0.717) is 11.3 Å². The first kappa shape index (κ1) is 10.6. The molecule has 1 amide bonds. The first-order valence-corrected chi connectivity index (χ1v) is 4.71. The molecule has 0 aliphatic heterocycles. The third-order valence-corrected chi connectivity index (χ3v) is 2.06. The Hall–Kier alpha value is -1.51. The van der Waals surface area contributed by atoms with E-state index in [1.165, 1.54) is 0 Å². The Morgan fingerprint density at radius 3 is 2.93 bits per heavy atom. The van der Waals surface area contributed by atoms with Crippen molar-refractivity contribution in [1.29, 1.82) is 0 Å². The van der Waals surface area contributed by atoms with Gasteiger partial charge in [-0.3, -0.25) is 4.79 Å². The predicted molar refractivity (Wildman–Crippen MR) is 56.9 cm³/mol. The molecule has 0 saturated carbocycles. The summed E-state index contributed by atoms with van der Waals surface area (Å²) in [6.07, 6.45) is 0.914. The fourth-order valence-corrected chi connectivity index (χ4v) is 1.03. The number of carbonyl (C=O) groups excluding carboxylic acids is 1. The second kappa shape index (κ2) is 4.65. The van der Waals surface area contributed by atoms with E-state index >= 15 is 0 Å². The highest BCUT2D eigenvalue weighted by Gasteiger charge is 2.07. The Balaban J connectivity index is 2.70. The number of carbonyl (C=O) groups is 1. The summed E-state index contributed by atoms with van der Waals surface area (Å²) in [5.41, 5.74) is 6.67. The fraction of sp³-hybridized carbons (Fsp3) is 0.364. The van der Waals surface area contributed by atoms with Crippen molar-refractivity contribution in [2.24, 2.45) is 0 Å². The van der Waals surface area contributed by atoms with Crippen LogP contribution in [0.2, 0.25) is 0 Å². The maximum absolute atomic E-state index is 11.6. The number of nitrogens with two attached hydrogens (primary N) is 1. The average molecular weight is 191 g/mol. The van der Waals surface area contributed by atoms with E-state index in [1.54, 1.807) is 18.2 Å².